The van der Waals surface area contributed by atoms with E-state index < -0.39 is 16.9 Å². The van der Waals surface area contributed by atoms with Crippen LogP contribution < -0.4 is 0 Å². The molecule has 0 spiro atoms. The minimum Gasteiger partial charge on any atom is -0.381 e. The lowest BCUT2D eigenvalue weighted by Crippen LogP contribution is -2.69. The minimum absolute atomic E-state index is 0.0634. The van der Waals surface area contributed by atoms with Crippen LogP contribution in [0.25, 0.3) is 11.4 Å². The van der Waals surface area contributed by atoms with Crippen molar-refractivity contribution in [2.75, 3.05) is 13.1 Å². The Labute approximate surface area is 198 Å². The van der Waals surface area contributed by atoms with E-state index in [1.807, 2.05) is 24.3 Å². The van der Waals surface area contributed by atoms with Gasteiger partial charge >= 0.3 is 0 Å². The molecule has 8 heteroatoms. The van der Waals surface area contributed by atoms with Gasteiger partial charge in [0.2, 0.25) is 5.82 Å². The quantitative estimate of drug-likeness (QED) is 0.545. The van der Waals surface area contributed by atoms with Crippen molar-refractivity contribution in [3.63, 3.8) is 0 Å². The van der Waals surface area contributed by atoms with Crippen LogP contribution in [0.2, 0.25) is 0 Å². The lowest BCUT2D eigenvalue weighted by molar-refractivity contribution is -0.163. The van der Waals surface area contributed by atoms with Crippen LogP contribution in [0.1, 0.15) is 69.0 Å². The average Bonchev–Trinajstić information content (AvgIpc) is 3.49. The van der Waals surface area contributed by atoms with Gasteiger partial charge in [-0.25, -0.2) is 4.39 Å². The summed E-state index contributed by atoms with van der Waals surface area (Å²) in [4.78, 5) is 10.6. The van der Waals surface area contributed by atoms with Crippen LogP contribution in [-0.4, -0.2) is 55.0 Å². The summed E-state index contributed by atoms with van der Waals surface area (Å²) < 4.78 is 21.7. The Morgan fingerprint density at radius 2 is 1.76 bits per heavy atom. The van der Waals surface area contributed by atoms with Crippen LogP contribution in [0, 0.1) is 0 Å². The second kappa shape index (κ2) is 7.93. The summed E-state index contributed by atoms with van der Waals surface area (Å²) in [5.74, 6) is 0.599. The lowest BCUT2D eigenvalue weighted by atomic mass is 9.70. The molecule has 3 aromatic rings. The zero-order valence-electron chi connectivity index (χ0n) is 20.0. The van der Waals surface area contributed by atoms with Gasteiger partial charge < -0.3 is 14.7 Å². The second-order valence-corrected chi connectivity index (χ2v) is 10.5. The Balaban J connectivity index is 1.57. The Hall–Kier alpha value is -2.68. The van der Waals surface area contributed by atoms with Gasteiger partial charge in [0.05, 0.1) is 0 Å². The van der Waals surface area contributed by atoms with Crippen molar-refractivity contribution in [3.8, 4) is 11.4 Å². The molecule has 0 amide bonds. The van der Waals surface area contributed by atoms with Crippen LogP contribution in [0.3, 0.4) is 0 Å². The van der Waals surface area contributed by atoms with Gasteiger partial charge in [0.15, 0.2) is 11.3 Å². The van der Waals surface area contributed by atoms with Gasteiger partial charge in [0.25, 0.3) is 5.89 Å². The fourth-order valence-electron chi connectivity index (χ4n) is 4.67. The average molecular weight is 467 g/mol. The number of nitrogens with zero attached hydrogens (tertiary/aromatic N) is 4. The highest BCUT2D eigenvalue weighted by atomic mass is 19.1. The van der Waals surface area contributed by atoms with Gasteiger partial charge in [-0.3, -0.25) is 9.88 Å². The molecule has 1 saturated heterocycles. The summed E-state index contributed by atoms with van der Waals surface area (Å²) in [7, 11) is 0. The third kappa shape index (κ3) is 3.83. The van der Waals surface area contributed by atoms with E-state index in [9.17, 15) is 10.2 Å². The molecule has 34 heavy (non-hydrogen) atoms. The van der Waals surface area contributed by atoms with Crippen molar-refractivity contribution in [2.24, 2.45) is 0 Å². The fraction of sp³-hybridized carbons (Fsp3) is 0.500. The number of hydrogen-bond acceptors (Lipinski definition) is 7. The molecule has 2 fully saturated rings. The van der Waals surface area contributed by atoms with Gasteiger partial charge in [0.1, 0.15) is 5.60 Å². The largest absolute Gasteiger partial charge is 0.381 e. The summed E-state index contributed by atoms with van der Waals surface area (Å²) in [6.45, 7) is 7.61. The molecule has 2 aromatic heterocycles. The molecule has 180 valence electrons. The van der Waals surface area contributed by atoms with Gasteiger partial charge in [-0.2, -0.15) is 4.98 Å². The highest BCUT2D eigenvalue weighted by Gasteiger charge is 2.62. The molecular formula is C26H31FN4O3. The number of halogens is 1. The molecule has 7 nitrogen and oxygen atoms in total. The maximum Gasteiger partial charge on any atom is 0.258 e. The molecule has 0 radical (unpaired) electrons. The van der Waals surface area contributed by atoms with Gasteiger partial charge in [-0.1, -0.05) is 43.3 Å². The molecule has 1 unspecified atom stereocenters. The zero-order valence-corrected chi connectivity index (χ0v) is 20.0. The zero-order chi connectivity index (χ0) is 24.3. The summed E-state index contributed by atoms with van der Waals surface area (Å²) in [6, 6.07) is 9.58. The number of aromatic nitrogens is 3. The highest BCUT2D eigenvalue weighted by molar-refractivity contribution is 5.56. The lowest BCUT2D eigenvalue weighted by Gasteiger charge is -2.53. The first-order valence-corrected chi connectivity index (χ1v) is 11.8. The first-order chi connectivity index (χ1) is 16.0. The predicted octanol–water partition coefficient (Wildman–Crippen LogP) is 3.90. The first kappa shape index (κ1) is 23.1. The van der Waals surface area contributed by atoms with Crippen LogP contribution in [0.15, 0.2) is 47.2 Å². The third-order valence-corrected chi connectivity index (χ3v) is 6.98. The van der Waals surface area contributed by atoms with Gasteiger partial charge in [-0.15, -0.1) is 0 Å². The standard InChI is InChI=1S/C26H31FN4O3/c1-16(2)17-5-7-19(8-6-17)26(33,25(27)14-31(15-25)21-9-10-21)20-11-18(12-28-13-20)22-29-23(34-30-22)24(3,4)32/h5-8,11-13,16,21,32-33H,9-10,14-15H2,1-4H3. The Kier molecular flexibility index (Phi) is 5.39. The maximum atomic E-state index is 16.5. The van der Waals surface area contributed by atoms with Crippen LogP contribution >= 0.6 is 0 Å². The van der Waals surface area contributed by atoms with Crippen molar-refractivity contribution >= 4 is 0 Å². The molecule has 5 rings (SSSR count). The fourth-order valence-corrected chi connectivity index (χ4v) is 4.67. The predicted molar refractivity (Wildman–Crippen MR) is 125 cm³/mol. The third-order valence-electron chi connectivity index (χ3n) is 6.98. The monoisotopic (exact) mass is 466 g/mol. The maximum absolute atomic E-state index is 16.5. The van der Waals surface area contributed by atoms with Gasteiger partial charge in [-0.05, 0) is 49.8 Å². The number of aliphatic hydroxyl groups is 2. The molecule has 1 saturated carbocycles. The van der Waals surface area contributed by atoms with Gasteiger partial charge in [0, 0.05) is 42.7 Å². The molecular weight excluding hydrogens is 435 g/mol. The smallest absolute Gasteiger partial charge is 0.258 e. The number of alkyl halides is 1. The van der Waals surface area contributed by atoms with E-state index >= 15 is 4.39 Å². The molecule has 1 aliphatic carbocycles. The van der Waals surface area contributed by atoms with E-state index in [1.54, 1.807) is 19.9 Å². The van der Waals surface area contributed by atoms with E-state index in [2.05, 4.69) is 33.9 Å². The molecule has 0 bridgehead atoms. The molecule has 2 N–H and O–H groups in total. The van der Waals surface area contributed by atoms with Crippen molar-refractivity contribution < 1.29 is 19.1 Å². The Morgan fingerprint density at radius 3 is 2.32 bits per heavy atom. The Bertz CT molecular complexity index is 1180. The molecule has 1 atom stereocenters. The number of pyridine rings is 1. The van der Waals surface area contributed by atoms with E-state index in [0.717, 1.165) is 18.4 Å². The molecule has 3 heterocycles. The summed E-state index contributed by atoms with van der Waals surface area (Å²) in [5.41, 5.74) is -2.67. The van der Waals surface area contributed by atoms with Crippen molar-refractivity contribution in [1.82, 2.24) is 20.0 Å². The van der Waals surface area contributed by atoms with Crippen LogP contribution in [-0.2, 0) is 11.2 Å². The number of rotatable bonds is 7. The highest BCUT2D eigenvalue weighted by Crippen LogP contribution is 2.50. The number of likely N-dealkylation sites (tertiary alicyclic amines) is 1. The summed E-state index contributed by atoms with van der Waals surface area (Å²) in [6.07, 6.45) is 5.19. The summed E-state index contributed by atoms with van der Waals surface area (Å²) >= 11 is 0. The SMILES string of the molecule is CC(C)c1ccc(C(O)(c2cncc(-c3noc(C(C)(C)O)n3)c2)C2(F)CN(C3CC3)C2)cc1. The van der Waals surface area contributed by atoms with Crippen molar-refractivity contribution in [2.45, 2.75) is 69.4 Å². The van der Waals surface area contributed by atoms with E-state index in [-0.39, 0.29) is 24.8 Å². The minimum atomic E-state index is -1.90. The normalized spacial score (nSPS) is 20.2. The molecule has 1 aliphatic heterocycles. The Morgan fingerprint density at radius 1 is 1.09 bits per heavy atom. The topological polar surface area (TPSA) is 95.5 Å². The van der Waals surface area contributed by atoms with E-state index in [0.29, 0.717) is 28.7 Å². The van der Waals surface area contributed by atoms with Crippen molar-refractivity contribution in [1.29, 1.82) is 0 Å². The van der Waals surface area contributed by atoms with Crippen molar-refractivity contribution in [3.05, 3.63) is 65.3 Å². The summed E-state index contributed by atoms with van der Waals surface area (Å²) in [5, 5.41) is 26.3. The van der Waals surface area contributed by atoms with Crippen LogP contribution in [0.4, 0.5) is 4.39 Å². The first-order valence-electron chi connectivity index (χ1n) is 11.8. The second-order valence-electron chi connectivity index (χ2n) is 10.5. The van der Waals surface area contributed by atoms with E-state index in [1.165, 1.54) is 12.4 Å². The molecule has 1 aromatic carbocycles. The molecule has 2 aliphatic rings. The van der Waals surface area contributed by atoms with E-state index in [4.69, 9.17) is 4.52 Å². The number of hydrogen-bond donors (Lipinski definition) is 2. The number of benzene rings is 1. The van der Waals surface area contributed by atoms with Crippen LogP contribution in [0.5, 0.6) is 0 Å².